The lowest BCUT2D eigenvalue weighted by molar-refractivity contribution is -0.149. The van der Waals surface area contributed by atoms with Gasteiger partial charge in [0.05, 0.1) is 11.9 Å². The molecule has 25 heavy (non-hydrogen) atoms. The molecule has 2 rings (SSSR count). The van der Waals surface area contributed by atoms with Crippen LogP contribution in [0.5, 0.6) is 0 Å². The van der Waals surface area contributed by atoms with Gasteiger partial charge < -0.3 is 10.1 Å². The number of esters is 1. The maximum absolute atomic E-state index is 11.8. The van der Waals surface area contributed by atoms with Crippen LogP contribution in [-0.4, -0.2) is 33.8 Å². The van der Waals surface area contributed by atoms with Crippen molar-refractivity contribution in [3.05, 3.63) is 48.3 Å². The Morgan fingerprint density at radius 2 is 1.96 bits per heavy atom. The molecule has 0 aliphatic rings. The van der Waals surface area contributed by atoms with Crippen molar-refractivity contribution in [3.8, 4) is 5.69 Å². The molecule has 1 aromatic heterocycles. The second-order valence-corrected chi connectivity index (χ2v) is 6.57. The number of para-hydroxylation sites is 1. The zero-order chi connectivity index (χ0) is 18.3. The first kappa shape index (κ1) is 18.7. The summed E-state index contributed by atoms with van der Waals surface area (Å²) in [7, 11) is 0. The molecule has 0 spiro atoms. The third-order valence-corrected chi connectivity index (χ3v) is 4.00. The van der Waals surface area contributed by atoms with Gasteiger partial charge in [-0.1, -0.05) is 25.1 Å². The van der Waals surface area contributed by atoms with Crippen LogP contribution in [0.15, 0.2) is 42.7 Å². The van der Waals surface area contributed by atoms with E-state index in [0.717, 1.165) is 17.7 Å². The summed E-state index contributed by atoms with van der Waals surface area (Å²) < 4.78 is 6.79. The number of ether oxygens (including phenoxy) is 1. The van der Waals surface area contributed by atoms with Gasteiger partial charge in [0.2, 0.25) is 0 Å². The van der Waals surface area contributed by atoms with Crippen molar-refractivity contribution in [1.29, 1.82) is 0 Å². The molecule has 1 amide bonds. The summed E-state index contributed by atoms with van der Waals surface area (Å²) in [5.74, 6) is -0.672. The van der Waals surface area contributed by atoms with E-state index in [1.807, 2.05) is 57.3 Å². The normalized spacial score (nSPS) is 11.2. The molecule has 0 bridgehead atoms. The number of nitrogens with zero attached hydrogens (tertiary/aromatic N) is 2. The average Bonchev–Trinajstić information content (AvgIpc) is 3.07. The summed E-state index contributed by atoms with van der Waals surface area (Å²) >= 11 is 0. The largest absolute Gasteiger partial charge is 0.456 e. The lowest BCUT2D eigenvalue weighted by Crippen LogP contribution is -2.44. The average molecular weight is 343 g/mol. The van der Waals surface area contributed by atoms with E-state index in [-0.39, 0.29) is 24.5 Å². The highest BCUT2D eigenvalue weighted by atomic mass is 16.5. The molecule has 1 N–H and O–H groups in total. The van der Waals surface area contributed by atoms with Crippen LogP contribution < -0.4 is 5.32 Å². The molecule has 0 unspecified atom stereocenters. The van der Waals surface area contributed by atoms with Gasteiger partial charge in [0.15, 0.2) is 6.61 Å². The van der Waals surface area contributed by atoms with Gasteiger partial charge in [0, 0.05) is 18.2 Å². The Labute approximate surface area is 148 Å². The van der Waals surface area contributed by atoms with E-state index in [1.54, 1.807) is 10.9 Å². The van der Waals surface area contributed by atoms with Gasteiger partial charge in [0.25, 0.3) is 5.91 Å². The SMILES string of the molecule is CCC(C)(C)NC(=O)COC(=O)CCc1cnn(-c2ccccc2)c1. The first-order valence-corrected chi connectivity index (χ1v) is 8.45. The van der Waals surface area contributed by atoms with Crippen molar-refractivity contribution < 1.29 is 14.3 Å². The lowest BCUT2D eigenvalue weighted by Gasteiger charge is -2.24. The van der Waals surface area contributed by atoms with E-state index < -0.39 is 5.97 Å². The van der Waals surface area contributed by atoms with Crippen LogP contribution in [0, 0.1) is 0 Å². The van der Waals surface area contributed by atoms with Crippen molar-refractivity contribution in [2.45, 2.75) is 45.6 Å². The predicted octanol–water partition coefficient (Wildman–Crippen LogP) is 2.65. The topological polar surface area (TPSA) is 73.2 Å². The van der Waals surface area contributed by atoms with Crippen molar-refractivity contribution >= 4 is 11.9 Å². The smallest absolute Gasteiger partial charge is 0.306 e. The summed E-state index contributed by atoms with van der Waals surface area (Å²) in [5.41, 5.74) is 1.61. The first-order valence-electron chi connectivity index (χ1n) is 8.45. The quantitative estimate of drug-likeness (QED) is 0.748. The third-order valence-electron chi connectivity index (χ3n) is 4.00. The molecular formula is C19H25N3O3. The van der Waals surface area contributed by atoms with Gasteiger partial charge in [-0.3, -0.25) is 9.59 Å². The van der Waals surface area contributed by atoms with E-state index in [1.165, 1.54) is 0 Å². The Hall–Kier alpha value is -2.63. The van der Waals surface area contributed by atoms with Crippen LogP contribution in [0.25, 0.3) is 5.69 Å². The van der Waals surface area contributed by atoms with Crippen LogP contribution in [0.2, 0.25) is 0 Å². The van der Waals surface area contributed by atoms with Gasteiger partial charge in [0.1, 0.15) is 0 Å². The molecule has 134 valence electrons. The van der Waals surface area contributed by atoms with Gasteiger partial charge in [-0.15, -0.1) is 0 Å². The summed E-state index contributed by atoms with van der Waals surface area (Å²) in [4.78, 5) is 23.6. The Morgan fingerprint density at radius 3 is 2.64 bits per heavy atom. The molecule has 0 saturated carbocycles. The summed E-state index contributed by atoms with van der Waals surface area (Å²) in [5, 5.41) is 7.12. The van der Waals surface area contributed by atoms with Gasteiger partial charge >= 0.3 is 5.97 Å². The fourth-order valence-corrected chi connectivity index (χ4v) is 2.18. The molecule has 6 nitrogen and oxygen atoms in total. The van der Waals surface area contributed by atoms with Gasteiger partial charge in [-0.05, 0) is 44.4 Å². The number of hydrogen-bond donors (Lipinski definition) is 1. The Balaban J connectivity index is 1.75. The van der Waals surface area contributed by atoms with Crippen LogP contribution in [0.1, 0.15) is 39.2 Å². The molecular weight excluding hydrogens is 318 g/mol. The Morgan fingerprint density at radius 1 is 1.24 bits per heavy atom. The van der Waals surface area contributed by atoms with Crippen LogP contribution in [0.3, 0.4) is 0 Å². The molecule has 0 atom stereocenters. The maximum Gasteiger partial charge on any atom is 0.306 e. The summed E-state index contributed by atoms with van der Waals surface area (Å²) in [6, 6.07) is 9.75. The number of carbonyl (C=O) groups excluding carboxylic acids is 2. The molecule has 0 aliphatic carbocycles. The minimum absolute atomic E-state index is 0.213. The highest BCUT2D eigenvalue weighted by Gasteiger charge is 2.18. The standard InChI is InChI=1S/C19H25N3O3/c1-4-19(2,3)21-17(23)14-25-18(24)11-10-15-12-20-22(13-15)16-8-6-5-7-9-16/h5-9,12-13H,4,10-11,14H2,1-3H3,(H,21,23). The number of carbonyl (C=O) groups is 2. The Kier molecular flexibility index (Phi) is 6.33. The maximum atomic E-state index is 11.8. The zero-order valence-electron chi connectivity index (χ0n) is 15.0. The van der Waals surface area contributed by atoms with E-state index >= 15 is 0 Å². The molecule has 0 aliphatic heterocycles. The number of nitrogens with one attached hydrogen (secondary N) is 1. The van der Waals surface area contributed by atoms with Crippen LogP contribution in [-0.2, 0) is 20.7 Å². The molecule has 2 aromatic rings. The number of benzene rings is 1. The monoisotopic (exact) mass is 343 g/mol. The molecule has 0 saturated heterocycles. The number of hydrogen-bond acceptors (Lipinski definition) is 4. The van der Waals surface area contributed by atoms with E-state index in [4.69, 9.17) is 4.74 Å². The van der Waals surface area contributed by atoms with Crippen LogP contribution >= 0.6 is 0 Å². The number of aryl methyl sites for hydroxylation is 1. The summed E-state index contributed by atoms with van der Waals surface area (Å²) in [6.07, 6.45) is 5.16. The predicted molar refractivity (Wildman–Crippen MR) is 95.4 cm³/mol. The summed E-state index contributed by atoms with van der Waals surface area (Å²) in [6.45, 7) is 5.60. The highest BCUT2D eigenvalue weighted by molar-refractivity contribution is 5.81. The molecule has 1 aromatic carbocycles. The first-order chi connectivity index (χ1) is 11.9. The number of rotatable bonds is 8. The van der Waals surface area contributed by atoms with Crippen molar-refractivity contribution in [2.75, 3.05) is 6.61 Å². The lowest BCUT2D eigenvalue weighted by atomic mass is 10.0. The van der Waals surface area contributed by atoms with E-state index in [0.29, 0.717) is 6.42 Å². The third kappa shape index (κ3) is 6.06. The molecule has 1 heterocycles. The van der Waals surface area contributed by atoms with Crippen molar-refractivity contribution in [3.63, 3.8) is 0 Å². The minimum atomic E-state index is -0.392. The van der Waals surface area contributed by atoms with Crippen molar-refractivity contribution in [2.24, 2.45) is 0 Å². The molecule has 0 radical (unpaired) electrons. The van der Waals surface area contributed by atoms with Crippen molar-refractivity contribution in [1.82, 2.24) is 15.1 Å². The van der Waals surface area contributed by atoms with Gasteiger partial charge in [-0.25, -0.2) is 4.68 Å². The minimum Gasteiger partial charge on any atom is -0.456 e. The zero-order valence-corrected chi connectivity index (χ0v) is 15.0. The molecule has 6 heteroatoms. The van der Waals surface area contributed by atoms with E-state index in [9.17, 15) is 9.59 Å². The second kappa shape index (κ2) is 8.46. The van der Waals surface area contributed by atoms with Gasteiger partial charge in [-0.2, -0.15) is 5.10 Å². The van der Waals surface area contributed by atoms with Crippen LogP contribution in [0.4, 0.5) is 0 Å². The van der Waals surface area contributed by atoms with E-state index in [2.05, 4.69) is 10.4 Å². The Bertz CT molecular complexity index is 708. The molecule has 0 fully saturated rings. The fourth-order valence-electron chi connectivity index (χ4n) is 2.18. The number of aromatic nitrogens is 2. The fraction of sp³-hybridized carbons (Fsp3) is 0.421. The highest BCUT2D eigenvalue weighted by Crippen LogP contribution is 2.10. The number of amides is 1. The second-order valence-electron chi connectivity index (χ2n) is 6.57.